The van der Waals surface area contributed by atoms with E-state index in [4.69, 9.17) is 11.2 Å². The minimum atomic E-state index is -0.448. The fraction of sp³-hybridized carbons (Fsp3) is 0.231. The molecule has 1 rings (SSSR count). The molecule has 1 aromatic rings. The summed E-state index contributed by atoms with van der Waals surface area (Å²) in [5.74, 6) is 2.05. The smallest absolute Gasteiger partial charge is 0.349 e. The Labute approximate surface area is 95.2 Å². The van der Waals surface area contributed by atoms with Crippen LogP contribution in [0, 0.1) is 12.3 Å². The van der Waals surface area contributed by atoms with Crippen molar-refractivity contribution in [3.05, 3.63) is 29.8 Å². The Bertz CT molecular complexity index is 424. The van der Waals surface area contributed by atoms with Crippen molar-refractivity contribution in [3.63, 3.8) is 0 Å². The average Bonchev–Trinajstić information content (AvgIpc) is 2.26. The maximum Gasteiger partial charge on any atom is 0.349 e. The van der Waals surface area contributed by atoms with Gasteiger partial charge in [0.2, 0.25) is 0 Å². The quantitative estimate of drug-likeness (QED) is 0.441. The van der Waals surface area contributed by atoms with Crippen molar-refractivity contribution in [1.82, 2.24) is 0 Å². The van der Waals surface area contributed by atoms with Crippen molar-refractivity contribution in [3.8, 4) is 12.3 Å². The number of nitrogens with zero attached hydrogens (tertiary/aromatic N) is 1. The molecule has 0 N–H and O–H groups in total. The average molecular weight is 215 g/mol. The van der Waals surface area contributed by atoms with E-state index in [-0.39, 0.29) is 6.10 Å². The molecule has 0 bridgehead atoms. The number of hydrogen-bond donors (Lipinski definition) is 0. The highest BCUT2D eigenvalue weighted by Crippen LogP contribution is 2.11. The molecule has 16 heavy (non-hydrogen) atoms. The second kappa shape index (κ2) is 5.72. The highest BCUT2D eigenvalue weighted by Gasteiger charge is 2.00. The largest absolute Gasteiger partial charge is 0.459 e. The molecule has 0 fully saturated rings. The first-order chi connectivity index (χ1) is 7.61. The predicted molar refractivity (Wildman–Crippen MR) is 63.8 cm³/mol. The first-order valence-corrected chi connectivity index (χ1v) is 4.93. The van der Waals surface area contributed by atoms with Gasteiger partial charge >= 0.3 is 5.97 Å². The molecule has 0 saturated carbocycles. The van der Waals surface area contributed by atoms with Crippen LogP contribution >= 0.6 is 0 Å². The molecule has 1 aromatic carbocycles. The monoisotopic (exact) mass is 215 g/mol. The third kappa shape index (κ3) is 3.97. The van der Waals surface area contributed by atoms with Gasteiger partial charge in [0.25, 0.3) is 0 Å². The second-order valence-electron chi connectivity index (χ2n) is 3.44. The van der Waals surface area contributed by atoms with Crippen molar-refractivity contribution in [1.29, 1.82) is 0 Å². The lowest BCUT2D eigenvalue weighted by atomic mass is 10.2. The van der Waals surface area contributed by atoms with Gasteiger partial charge in [-0.2, -0.15) is 0 Å². The summed E-state index contributed by atoms with van der Waals surface area (Å²) < 4.78 is 4.90. The van der Waals surface area contributed by atoms with Crippen LogP contribution in [0.3, 0.4) is 0 Å². The van der Waals surface area contributed by atoms with Gasteiger partial charge in [-0.15, -0.1) is 6.42 Å². The van der Waals surface area contributed by atoms with Crippen molar-refractivity contribution >= 4 is 17.9 Å². The maximum atomic E-state index is 11.1. The Balaban J connectivity index is 2.63. The Kier molecular flexibility index (Phi) is 4.28. The summed E-state index contributed by atoms with van der Waals surface area (Å²) in [5, 5.41) is 0. The van der Waals surface area contributed by atoms with Gasteiger partial charge in [-0.25, -0.2) is 9.79 Å². The Morgan fingerprint density at radius 3 is 2.56 bits per heavy atom. The van der Waals surface area contributed by atoms with Crippen molar-refractivity contribution in [2.75, 3.05) is 0 Å². The van der Waals surface area contributed by atoms with Crippen molar-refractivity contribution in [2.45, 2.75) is 20.0 Å². The van der Waals surface area contributed by atoms with Crippen molar-refractivity contribution < 1.29 is 9.53 Å². The Morgan fingerprint density at radius 1 is 1.44 bits per heavy atom. The van der Waals surface area contributed by atoms with E-state index in [1.165, 1.54) is 0 Å². The summed E-state index contributed by atoms with van der Waals surface area (Å²) in [6, 6.07) is 7.02. The Hall–Kier alpha value is -2.08. The molecule has 0 atom stereocenters. The molecule has 0 unspecified atom stereocenters. The van der Waals surface area contributed by atoms with Gasteiger partial charge in [0.1, 0.15) is 6.21 Å². The third-order valence-electron chi connectivity index (χ3n) is 1.70. The van der Waals surface area contributed by atoms with Gasteiger partial charge in [-0.05, 0) is 38.1 Å². The van der Waals surface area contributed by atoms with Gasteiger partial charge < -0.3 is 4.74 Å². The second-order valence-corrected chi connectivity index (χ2v) is 3.44. The molecule has 0 spiro atoms. The van der Waals surface area contributed by atoms with Crippen LogP contribution < -0.4 is 0 Å². The summed E-state index contributed by atoms with van der Waals surface area (Å²) in [7, 11) is 0. The van der Waals surface area contributed by atoms with Crippen LogP contribution in [0.4, 0.5) is 5.69 Å². The minimum Gasteiger partial charge on any atom is -0.459 e. The Morgan fingerprint density at radius 2 is 2.06 bits per heavy atom. The molecular formula is C13H13NO2. The number of terminal acetylenes is 1. The minimum absolute atomic E-state index is 0.136. The van der Waals surface area contributed by atoms with Gasteiger partial charge in [0, 0.05) is 5.56 Å². The zero-order valence-corrected chi connectivity index (χ0v) is 9.31. The zero-order valence-electron chi connectivity index (χ0n) is 9.31. The van der Waals surface area contributed by atoms with E-state index < -0.39 is 5.97 Å². The summed E-state index contributed by atoms with van der Waals surface area (Å²) in [6.45, 7) is 3.57. The number of rotatable bonds is 3. The van der Waals surface area contributed by atoms with E-state index in [9.17, 15) is 4.79 Å². The lowest BCUT2D eigenvalue weighted by Crippen LogP contribution is -2.11. The predicted octanol–water partition coefficient (Wildman–Crippen LogP) is 2.32. The van der Waals surface area contributed by atoms with E-state index in [1.54, 1.807) is 38.1 Å². The molecule has 0 saturated heterocycles. The van der Waals surface area contributed by atoms with Crippen LogP contribution in [-0.2, 0) is 9.53 Å². The molecule has 3 nitrogen and oxygen atoms in total. The molecular weight excluding hydrogens is 202 g/mol. The standard InChI is InChI=1S/C13H13NO2/c1-4-11-5-7-12(8-6-11)14-9-13(15)16-10(2)3/h1,5-10H,2-3H3. The van der Waals surface area contributed by atoms with Gasteiger partial charge in [0.05, 0.1) is 11.8 Å². The molecule has 0 aromatic heterocycles. The third-order valence-corrected chi connectivity index (χ3v) is 1.70. The molecule has 0 amide bonds. The summed E-state index contributed by atoms with van der Waals surface area (Å²) in [4.78, 5) is 15.1. The fourth-order valence-electron chi connectivity index (χ4n) is 1.03. The van der Waals surface area contributed by atoms with Crippen LogP contribution in [0.5, 0.6) is 0 Å². The van der Waals surface area contributed by atoms with Gasteiger partial charge in [-0.3, -0.25) is 0 Å². The number of benzene rings is 1. The molecule has 0 aliphatic heterocycles. The number of hydrogen-bond acceptors (Lipinski definition) is 3. The number of ether oxygens (including phenoxy) is 1. The lowest BCUT2D eigenvalue weighted by molar-refractivity contribution is -0.138. The van der Waals surface area contributed by atoms with E-state index in [2.05, 4.69) is 10.9 Å². The molecule has 0 aliphatic rings. The SMILES string of the molecule is C#Cc1ccc(N=CC(=O)OC(C)C)cc1. The number of carbonyl (C=O) groups excluding carboxylic acids is 1. The number of esters is 1. The van der Waals surface area contributed by atoms with Crippen LogP contribution in [-0.4, -0.2) is 18.3 Å². The van der Waals surface area contributed by atoms with Gasteiger partial charge in [0.15, 0.2) is 0 Å². The molecule has 0 aliphatic carbocycles. The summed E-state index contributed by atoms with van der Waals surface area (Å²) >= 11 is 0. The highest BCUT2D eigenvalue weighted by atomic mass is 16.5. The molecule has 82 valence electrons. The van der Waals surface area contributed by atoms with Crippen LogP contribution in [0.1, 0.15) is 19.4 Å². The first kappa shape index (κ1) is 12.0. The van der Waals surface area contributed by atoms with Crippen LogP contribution in [0.15, 0.2) is 29.3 Å². The first-order valence-electron chi connectivity index (χ1n) is 4.93. The van der Waals surface area contributed by atoms with E-state index in [0.29, 0.717) is 5.69 Å². The number of carbonyl (C=O) groups is 1. The van der Waals surface area contributed by atoms with E-state index in [0.717, 1.165) is 11.8 Å². The van der Waals surface area contributed by atoms with Crippen LogP contribution in [0.25, 0.3) is 0 Å². The topological polar surface area (TPSA) is 38.7 Å². The van der Waals surface area contributed by atoms with Crippen molar-refractivity contribution in [2.24, 2.45) is 4.99 Å². The number of aliphatic imine (C=N–C) groups is 1. The molecule has 0 radical (unpaired) electrons. The van der Waals surface area contributed by atoms with Gasteiger partial charge in [-0.1, -0.05) is 5.92 Å². The van der Waals surface area contributed by atoms with E-state index >= 15 is 0 Å². The normalized spacial score (nSPS) is 10.4. The maximum absolute atomic E-state index is 11.1. The fourth-order valence-corrected chi connectivity index (χ4v) is 1.03. The lowest BCUT2D eigenvalue weighted by Gasteiger charge is -2.03. The van der Waals surface area contributed by atoms with Crippen LogP contribution in [0.2, 0.25) is 0 Å². The highest BCUT2D eigenvalue weighted by molar-refractivity contribution is 6.23. The zero-order chi connectivity index (χ0) is 12.0. The summed E-state index contributed by atoms with van der Waals surface area (Å²) in [6.07, 6.45) is 6.24. The van der Waals surface area contributed by atoms with E-state index in [1.807, 2.05) is 0 Å². The summed E-state index contributed by atoms with van der Waals surface area (Å²) in [5.41, 5.74) is 1.45. The molecule has 3 heteroatoms. The molecule has 0 heterocycles.